The van der Waals surface area contributed by atoms with Gasteiger partial charge in [0.1, 0.15) is 6.61 Å². The van der Waals surface area contributed by atoms with Crippen LogP contribution in [-0.4, -0.2) is 46.8 Å². The molecule has 108 valence electrons. The van der Waals surface area contributed by atoms with Gasteiger partial charge < -0.3 is 15.1 Å². The van der Waals surface area contributed by atoms with E-state index in [0.29, 0.717) is 24.6 Å². The molecule has 5 heteroatoms. The third-order valence-electron chi connectivity index (χ3n) is 3.65. The zero-order chi connectivity index (χ0) is 14.5. The van der Waals surface area contributed by atoms with Gasteiger partial charge in [0, 0.05) is 18.5 Å². The van der Waals surface area contributed by atoms with Crippen molar-refractivity contribution in [2.45, 2.75) is 25.9 Å². The van der Waals surface area contributed by atoms with E-state index < -0.39 is 0 Å². The van der Waals surface area contributed by atoms with Crippen molar-refractivity contribution >= 4 is 17.2 Å². The predicted octanol–water partition coefficient (Wildman–Crippen LogP) is 1.32. The summed E-state index contributed by atoms with van der Waals surface area (Å²) in [6, 6.07) is 1.77. The minimum absolute atomic E-state index is 0.0299. The molecule has 0 saturated carbocycles. The van der Waals surface area contributed by atoms with Crippen molar-refractivity contribution < 1.29 is 15.0 Å². The number of likely N-dealkylation sites (tertiary alicyclic amines) is 1. The lowest BCUT2D eigenvalue weighted by atomic mass is 9.92. The fourth-order valence-corrected chi connectivity index (χ4v) is 3.16. The highest BCUT2D eigenvalue weighted by Gasteiger charge is 2.26. The third-order valence-corrected chi connectivity index (χ3v) is 4.49. The highest BCUT2D eigenvalue weighted by atomic mass is 32.1. The molecule has 1 saturated heterocycles. The van der Waals surface area contributed by atoms with Crippen molar-refractivity contribution in [2.24, 2.45) is 5.92 Å². The molecule has 1 aliphatic rings. The van der Waals surface area contributed by atoms with Crippen LogP contribution in [0.5, 0.6) is 0 Å². The summed E-state index contributed by atoms with van der Waals surface area (Å²) < 4.78 is 0. The quantitative estimate of drug-likeness (QED) is 0.809. The first-order valence-electron chi connectivity index (χ1n) is 6.77. The van der Waals surface area contributed by atoms with Gasteiger partial charge in [-0.1, -0.05) is 11.8 Å². The first kappa shape index (κ1) is 15.0. The molecule has 0 aliphatic carbocycles. The molecule has 0 bridgehead atoms. The summed E-state index contributed by atoms with van der Waals surface area (Å²) in [6.45, 7) is 3.03. The average molecular weight is 293 g/mol. The number of rotatable bonds is 2. The third kappa shape index (κ3) is 3.60. The first-order chi connectivity index (χ1) is 9.61. The van der Waals surface area contributed by atoms with E-state index in [1.165, 1.54) is 11.3 Å². The van der Waals surface area contributed by atoms with Crippen LogP contribution in [0.1, 0.15) is 35.0 Å². The van der Waals surface area contributed by atoms with Crippen LogP contribution >= 0.6 is 11.3 Å². The Bertz CT molecular complexity index is 519. The average Bonchev–Trinajstić information content (AvgIpc) is 2.93. The van der Waals surface area contributed by atoms with Gasteiger partial charge in [0.25, 0.3) is 5.91 Å². The zero-order valence-electron chi connectivity index (χ0n) is 11.5. The normalized spacial score (nSPS) is 17.4. The minimum atomic E-state index is -0.297. The predicted molar refractivity (Wildman–Crippen MR) is 78.6 cm³/mol. The number of nitrogens with zero attached hydrogens (tertiary/aromatic N) is 1. The van der Waals surface area contributed by atoms with E-state index in [1.54, 1.807) is 6.07 Å². The van der Waals surface area contributed by atoms with Gasteiger partial charge in [-0.15, -0.1) is 11.3 Å². The molecular formula is C15H19NO3S. The van der Waals surface area contributed by atoms with Crippen molar-refractivity contribution in [2.75, 3.05) is 19.7 Å². The summed E-state index contributed by atoms with van der Waals surface area (Å²) in [4.78, 5) is 15.0. The summed E-state index contributed by atoms with van der Waals surface area (Å²) in [7, 11) is 0. The number of piperidine rings is 1. The molecule has 1 aliphatic heterocycles. The molecule has 1 atom stereocenters. The van der Waals surface area contributed by atoms with Crippen LogP contribution < -0.4 is 0 Å². The van der Waals surface area contributed by atoms with Crippen molar-refractivity contribution in [3.05, 3.63) is 21.9 Å². The van der Waals surface area contributed by atoms with Crippen LogP contribution in [0.2, 0.25) is 0 Å². The summed E-state index contributed by atoms with van der Waals surface area (Å²) >= 11 is 1.42. The van der Waals surface area contributed by atoms with Crippen LogP contribution in [0.4, 0.5) is 0 Å². The van der Waals surface area contributed by atoms with Gasteiger partial charge in [-0.05, 0) is 31.7 Å². The van der Waals surface area contributed by atoms with Crippen LogP contribution in [0.25, 0.3) is 0 Å². The van der Waals surface area contributed by atoms with E-state index in [-0.39, 0.29) is 18.6 Å². The van der Waals surface area contributed by atoms with E-state index in [0.717, 1.165) is 17.7 Å². The summed E-state index contributed by atoms with van der Waals surface area (Å²) in [5, 5.41) is 20.0. The van der Waals surface area contributed by atoms with Crippen molar-refractivity contribution in [3.63, 3.8) is 0 Å². The molecule has 4 nitrogen and oxygen atoms in total. The van der Waals surface area contributed by atoms with Gasteiger partial charge >= 0.3 is 0 Å². The molecule has 2 rings (SSSR count). The fourth-order valence-electron chi connectivity index (χ4n) is 2.41. The van der Waals surface area contributed by atoms with Gasteiger partial charge in [0.05, 0.1) is 16.5 Å². The number of hydrogen-bond acceptors (Lipinski definition) is 4. The number of aliphatic hydroxyl groups is 2. The van der Waals surface area contributed by atoms with Gasteiger partial charge in [0.2, 0.25) is 0 Å². The Hall–Kier alpha value is -1.35. The van der Waals surface area contributed by atoms with E-state index in [2.05, 4.69) is 11.8 Å². The lowest BCUT2D eigenvalue weighted by Crippen LogP contribution is -2.40. The molecule has 1 aromatic rings. The molecule has 1 fully saturated rings. The molecule has 1 amide bonds. The van der Waals surface area contributed by atoms with Gasteiger partial charge in [-0.3, -0.25) is 4.79 Å². The second-order valence-electron chi connectivity index (χ2n) is 5.03. The maximum absolute atomic E-state index is 12.3. The van der Waals surface area contributed by atoms with Gasteiger partial charge in [0.15, 0.2) is 0 Å². The Morgan fingerprint density at radius 1 is 1.55 bits per heavy atom. The number of carbonyl (C=O) groups excluding carboxylic acids is 1. The maximum atomic E-state index is 12.3. The number of hydrogen-bond donors (Lipinski definition) is 2. The standard InChI is InChI=1S/C15H19NO3S/c1-11(18)12-4-6-16(7-5-12)15(19)13-9-14(20-10-13)3-2-8-17/h9-12,17-18H,4-8H2,1H3. The van der Waals surface area contributed by atoms with Crippen molar-refractivity contribution in [1.29, 1.82) is 0 Å². The SMILES string of the molecule is CC(O)C1CCN(C(=O)c2csc(C#CCO)c2)CC1. The Morgan fingerprint density at radius 3 is 2.85 bits per heavy atom. The highest BCUT2D eigenvalue weighted by Crippen LogP contribution is 2.23. The van der Waals surface area contributed by atoms with Crippen molar-refractivity contribution in [3.8, 4) is 11.8 Å². The lowest BCUT2D eigenvalue weighted by molar-refractivity contribution is 0.0522. The molecule has 0 radical (unpaired) electrons. The first-order valence-corrected chi connectivity index (χ1v) is 7.65. The molecule has 1 unspecified atom stereocenters. The smallest absolute Gasteiger partial charge is 0.254 e. The van der Waals surface area contributed by atoms with E-state index in [4.69, 9.17) is 5.11 Å². The largest absolute Gasteiger partial charge is 0.393 e. The summed E-state index contributed by atoms with van der Waals surface area (Å²) in [5.41, 5.74) is 0.660. The Labute approximate surface area is 123 Å². The van der Waals surface area contributed by atoms with E-state index in [1.807, 2.05) is 17.2 Å². The molecule has 2 heterocycles. The highest BCUT2D eigenvalue weighted by molar-refractivity contribution is 7.10. The van der Waals surface area contributed by atoms with Gasteiger partial charge in [-0.2, -0.15) is 0 Å². The number of aliphatic hydroxyl groups excluding tert-OH is 2. The Balaban J connectivity index is 1.97. The monoisotopic (exact) mass is 293 g/mol. The maximum Gasteiger partial charge on any atom is 0.254 e. The van der Waals surface area contributed by atoms with Crippen LogP contribution in [0.3, 0.4) is 0 Å². The number of thiophene rings is 1. The Kier molecular flexibility index (Phi) is 5.18. The van der Waals surface area contributed by atoms with Crippen LogP contribution in [0.15, 0.2) is 11.4 Å². The molecule has 2 N–H and O–H groups in total. The zero-order valence-corrected chi connectivity index (χ0v) is 12.3. The second-order valence-corrected chi connectivity index (χ2v) is 5.94. The van der Waals surface area contributed by atoms with Crippen LogP contribution in [-0.2, 0) is 0 Å². The number of amides is 1. The lowest BCUT2D eigenvalue weighted by Gasteiger charge is -2.33. The molecular weight excluding hydrogens is 274 g/mol. The second kappa shape index (κ2) is 6.89. The van der Waals surface area contributed by atoms with E-state index >= 15 is 0 Å². The van der Waals surface area contributed by atoms with Crippen molar-refractivity contribution in [1.82, 2.24) is 4.90 Å². The molecule has 0 aromatic carbocycles. The summed E-state index contributed by atoms with van der Waals surface area (Å²) in [6.07, 6.45) is 1.41. The Morgan fingerprint density at radius 2 is 2.25 bits per heavy atom. The number of carbonyl (C=O) groups is 1. The topological polar surface area (TPSA) is 60.8 Å². The minimum Gasteiger partial charge on any atom is -0.393 e. The van der Waals surface area contributed by atoms with Crippen LogP contribution in [0, 0.1) is 17.8 Å². The molecule has 20 heavy (non-hydrogen) atoms. The fraction of sp³-hybridized carbons (Fsp3) is 0.533. The molecule has 0 spiro atoms. The van der Waals surface area contributed by atoms with E-state index in [9.17, 15) is 9.90 Å². The van der Waals surface area contributed by atoms with Gasteiger partial charge in [-0.25, -0.2) is 0 Å². The molecule has 1 aromatic heterocycles. The summed E-state index contributed by atoms with van der Waals surface area (Å²) in [5.74, 6) is 5.72.